The fraction of sp³-hybridized carbons (Fsp3) is 0.278. The van der Waals surface area contributed by atoms with E-state index >= 15 is 0 Å². The van der Waals surface area contributed by atoms with Crippen molar-refractivity contribution < 1.29 is 4.79 Å². The van der Waals surface area contributed by atoms with Crippen molar-refractivity contribution in [1.82, 2.24) is 10.2 Å². The maximum Gasteiger partial charge on any atom is 0.244 e. The average Bonchev–Trinajstić information content (AvgIpc) is 3.02. The number of carbonyl (C=O) groups excluding carboxylic acids is 1. The molecule has 23 heavy (non-hydrogen) atoms. The zero-order chi connectivity index (χ0) is 16.1. The summed E-state index contributed by atoms with van der Waals surface area (Å²) in [5.74, 6) is -0.0920. The zero-order valence-corrected chi connectivity index (χ0v) is 14.3. The summed E-state index contributed by atoms with van der Waals surface area (Å²) in [6, 6.07) is 9.89. The molecule has 0 radical (unpaired) electrons. The number of halogens is 1. The van der Waals surface area contributed by atoms with E-state index in [1.807, 2.05) is 24.3 Å². The number of hydrogen-bond acceptors (Lipinski definition) is 3. The fourth-order valence-corrected chi connectivity index (χ4v) is 3.51. The topological polar surface area (TPSA) is 32.3 Å². The van der Waals surface area contributed by atoms with Gasteiger partial charge in [0, 0.05) is 30.7 Å². The fourth-order valence-electron chi connectivity index (χ4n) is 2.61. The van der Waals surface area contributed by atoms with Crippen molar-refractivity contribution in [3.8, 4) is 0 Å². The van der Waals surface area contributed by atoms with Crippen LogP contribution >= 0.6 is 22.9 Å². The predicted molar refractivity (Wildman–Crippen MR) is 96.7 cm³/mol. The highest BCUT2D eigenvalue weighted by molar-refractivity contribution is 7.07. The summed E-state index contributed by atoms with van der Waals surface area (Å²) in [4.78, 5) is 14.5. The van der Waals surface area contributed by atoms with E-state index in [2.05, 4.69) is 27.0 Å². The van der Waals surface area contributed by atoms with Crippen LogP contribution in [0.15, 0.2) is 47.2 Å². The molecule has 120 valence electrons. The summed E-state index contributed by atoms with van der Waals surface area (Å²) >= 11 is 7.78. The van der Waals surface area contributed by atoms with Crippen molar-refractivity contribution in [2.24, 2.45) is 0 Å². The highest BCUT2D eigenvalue weighted by Crippen LogP contribution is 2.26. The Hall–Kier alpha value is -1.62. The summed E-state index contributed by atoms with van der Waals surface area (Å²) < 4.78 is 0. The van der Waals surface area contributed by atoms with E-state index in [0.29, 0.717) is 11.6 Å². The minimum atomic E-state index is -0.0920. The summed E-state index contributed by atoms with van der Waals surface area (Å²) in [7, 11) is 0. The smallest absolute Gasteiger partial charge is 0.244 e. The van der Waals surface area contributed by atoms with Crippen molar-refractivity contribution in [1.29, 1.82) is 0 Å². The van der Waals surface area contributed by atoms with E-state index in [1.54, 1.807) is 23.5 Å². The van der Waals surface area contributed by atoms with Gasteiger partial charge in [0.15, 0.2) is 0 Å². The highest BCUT2D eigenvalue weighted by Gasteiger charge is 2.25. The van der Waals surface area contributed by atoms with Gasteiger partial charge in [-0.15, -0.1) is 0 Å². The Morgan fingerprint density at radius 2 is 2.17 bits per heavy atom. The molecule has 1 aliphatic heterocycles. The molecule has 1 aliphatic rings. The maximum absolute atomic E-state index is 12.1. The lowest BCUT2D eigenvalue weighted by atomic mass is 10.0. The van der Waals surface area contributed by atoms with E-state index in [4.69, 9.17) is 11.6 Å². The van der Waals surface area contributed by atoms with Gasteiger partial charge in [-0.2, -0.15) is 11.3 Å². The third-order valence-electron chi connectivity index (χ3n) is 4.05. The summed E-state index contributed by atoms with van der Waals surface area (Å²) in [6.07, 6.45) is 4.53. The SMILES string of the molecule is O=C(/C=C/c1ccccc1Cl)NC[C@@H](c1ccsc1)N1CCC1. The number of nitrogens with one attached hydrogen (secondary N) is 1. The first-order valence-corrected chi connectivity index (χ1v) is 9.03. The van der Waals surface area contributed by atoms with Gasteiger partial charge >= 0.3 is 0 Å². The lowest BCUT2D eigenvalue weighted by Gasteiger charge is -2.38. The highest BCUT2D eigenvalue weighted by atomic mass is 35.5. The van der Waals surface area contributed by atoms with E-state index in [0.717, 1.165) is 18.7 Å². The molecule has 1 aromatic heterocycles. The Balaban J connectivity index is 1.58. The third kappa shape index (κ3) is 4.22. The number of nitrogens with zero attached hydrogens (tertiary/aromatic N) is 1. The van der Waals surface area contributed by atoms with E-state index in [9.17, 15) is 4.79 Å². The molecule has 0 aliphatic carbocycles. The first-order chi connectivity index (χ1) is 11.2. The van der Waals surface area contributed by atoms with Crippen LogP contribution in [-0.4, -0.2) is 30.4 Å². The van der Waals surface area contributed by atoms with Crippen LogP contribution < -0.4 is 5.32 Å². The molecule has 3 nitrogen and oxygen atoms in total. The van der Waals surface area contributed by atoms with Crippen LogP contribution in [0.2, 0.25) is 5.02 Å². The Labute approximate surface area is 145 Å². The molecule has 2 aromatic rings. The molecule has 0 spiro atoms. The molecule has 1 fully saturated rings. The standard InChI is InChI=1S/C18H19ClN2OS/c19-16-5-2-1-4-14(16)6-7-18(22)20-12-17(21-9-3-10-21)15-8-11-23-13-15/h1-2,4-8,11,13,17H,3,9-10,12H2,(H,20,22)/b7-6+/t17-/m0/s1. The molecule has 3 rings (SSSR count). The Bertz CT molecular complexity index is 680. The largest absolute Gasteiger partial charge is 0.351 e. The second-order valence-electron chi connectivity index (χ2n) is 5.56. The normalized spacial score (nSPS) is 16.2. The Kier molecular flexibility index (Phi) is 5.49. The summed E-state index contributed by atoms with van der Waals surface area (Å²) in [5, 5.41) is 7.90. The lowest BCUT2D eigenvalue weighted by molar-refractivity contribution is -0.116. The van der Waals surface area contributed by atoms with Gasteiger partial charge in [-0.25, -0.2) is 0 Å². The molecule has 1 atom stereocenters. The van der Waals surface area contributed by atoms with Crippen LogP contribution in [0.25, 0.3) is 6.08 Å². The number of benzene rings is 1. The van der Waals surface area contributed by atoms with Gasteiger partial charge in [-0.1, -0.05) is 29.8 Å². The molecule has 1 N–H and O–H groups in total. The molecule has 0 unspecified atom stereocenters. The molecule has 0 saturated carbocycles. The van der Waals surface area contributed by atoms with Crippen LogP contribution in [0.5, 0.6) is 0 Å². The molecular weight excluding hydrogens is 328 g/mol. The maximum atomic E-state index is 12.1. The molecule has 1 aromatic carbocycles. The van der Waals surface area contributed by atoms with Crippen molar-refractivity contribution in [3.05, 3.63) is 63.3 Å². The third-order valence-corrected chi connectivity index (χ3v) is 5.09. The van der Waals surface area contributed by atoms with Gasteiger partial charge < -0.3 is 5.32 Å². The second kappa shape index (κ2) is 7.77. The number of likely N-dealkylation sites (tertiary alicyclic amines) is 1. The minimum Gasteiger partial charge on any atom is -0.351 e. The number of thiophene rings is 1. The van der Waals surface area contributed by atoms with Gasteiger partial charge in [-0.05, 0) is 46.5 Å². The Morgan fingerprint density at radius 3 is 2.83 bits per heavy atom. The van der Waals surface area contributed by atoms with Gasteiger partial charge in [-0.3, -0.25) is 9.69 Å². The van der Waals surface area contributed by atoms with Gasteiger partial charge in [0.1, 0.15) is 0 Å². The molecule has 1 saturated heterocycles. The van der Waals surface area contributed by atoms with Gasteiger partial charge in [0.25, 0.3) is 0 Å². The molecule has 2 heterocycles. The van der Waals surface area contributed by atoms with E-state index < -0.39 is 0 Å². The van der Waals surface area contributed by atoms with Crippen LogP contribution in [-0.2, 0) is 4.79 Å². The number of amides is 1. The first-order valence-electron chi connectivity index (χ1n) is 7.70. The number of carbonyl (C=O) groups is 1. The van der Waals surface area contributed by atoms with Crippen molar-refractivity contribution in [2.45, 2.75) is 12.5 Å². The van der Waals surface area contributed by atoms with Crippen molar-refractivity contribution in [2.75, 3.05) is 19.6 Å². The predicted octanol–water partition coefficient (Wildman–Crippen LogP) is 3.98. The van der Waals surface area contributed by atoms with Crippen LogP contribution in [0.3, 0.4) is 0 Å². The minimum absolute atomic E-state index is 0.0920. The molecular formula is C18H19ClN2OS. The molecule has 1 amide bonds. The van der Waals surface area contributed by atoms with E-state index in [1.165, 1.54) is 12.0 Å². The van der Waals surface area contributed by atoms with Gasteiger partial charge in [0.05, 0.1) is 6.04 Å². The Morgan fingerprint density at radius 1 is 1.35 bits per heavy atom. The van der Waals surface area contributed by atoms with Crippen LogP contribution in [0.1, 0.15) is 23.6 Å². The number of rotatable bonds is 6. The van der Waals surface area contributed by atoms with Crippen LogP contribution in [0, 0.1) is 0 Å². The quantitative estimate of drug-likeness (QED) is 0.802. The van der Waals surface area contributed by atoms with Crippen molar-refractivity contribution >= 4 is 34.9 Å². The summed E-state index contributed by atoms with van der Waals surface area (Å²) in [5.41, 5.74) is 2.13. The summed E-state index contributed by atoms with van der Waals surface area (Å²) in [6.45, 7) is 2.83. The molecule has 0 bridgehead atoms. The number of hydrogen-bond donors (Lipinski definition) is 1. The van der Waals surface area contributed by atoms with E-state index in [-0.39, 0.29) is 11.9 Å². The lowest BCUT2D eigenvalue weighted by Crippen LogP contribution is -2.44. The van der Waals surface area contributed by atoms with Gasteiger partial charge in [0.2, 0.25) is 5.91 Å². The average molecular weight is 347 g/mol. The first kappa shape index (κ1) is 16.2. The van der Waals surface area contributed by atoms with Crippen LogP contribution in [0.4, 0.5) is 0 Å². The van der Waals surface area contributed by atoms with Crippen molar-refractivity contribution in [3.63, 3.8) is 0 Å². The second-order valence-corrected chi connectivity index (χ2v) is 6.75. The monoisotopic (exact) mass is 346 g/mol. The zero-order valence-electron chi connectivity index (χ0n) is 12.7. The molecule has 5 heteroatoms.